The molecule has 0 saturated carbocycles. The fraction of sp³-hybridized carbons (Fsp3) is 0.0769. The highest BCUT2D eigenvalue weighted by Gasteiger charge is 2.21. The average molecular weight is 255 g/mol. The molecule has 2 aromatic carbocycles. The molecule has 18 heavy (non-hydrogen) atoms. The van der Waals surface area contributed by atoms with Crippen LogP contribution >= 0.6 is 0 Å². The SMILES string of the molecule is NC(c1ccccc1F)c1ccc(F)c(F)c1F. The summed E-state index contributed by atoms with van der Waals surface area (Å²) in [5, 5.41) is 0. The molecule has 0 aliphatic heterocycles. The molecule has 5 heteroatoms. The molecule has 1 unspecified atom stereocenters. The number of hydrogen-bond donors (Lipinski definition) is 1. The fourth-order valence-electron chi connectivity index (χ4n) is 1.68. The fourth-order valence-corrected chi connectivity index (χ4v) is 1.68. The van der Waals surface area contributed by atoms with Gasteiger partial charge in [0.05, 0.1) is 6.04 Å². The Labute approximate surface area is 101 Å². The van der Waals surface area contributed by atoms with E-state index in [1.807, 2.05) is 0 Å². The molecule has 0 fully saturated rings. The maximum atomic E-state index is 13.5. The summed E-state index contributed by atoms with van der Waals surface area (Å²) < 4.78 is 52.8. The molecule has 0 aliphatic carbocycles. The van der Waals surface area contributed by atoms with Gasteiger partial charge in [-0.2, -0.15) is 0 Å². The molecule has 1 atom stereocenters. The number of nitrogens with two attached hydrogens (primary N) is 1. The smallest absolute Gasteiger partial charge is 0.194 e. The van der Waals surface area contributed by atoms with Gasteiger partial charge < -0.3 is 5.73 Å². The summed E-state index contributed by atoms with van der Waals surface area (Å²) in [6, 6.07) is 6.07. The molecular formula is C13H9F4N. The second-order valence-electron chi connectivity index (χ2n) is 3.76. The molecule has 0 radical (unpaired) electrons. The Hall–Kier alpha value is -1.88. The molecule has 94 valence electrons. The van der Waals surface area contributed by atoms with E-state index in [-0.39, 0.29) is 11.1 Å². The molecule has 2 rings (SSSR count). The molecule has 0 aliphatic rings. The van der Waals surface area contributed by atoms with Gasteiger partial charge in [0.2, 0.25) is 0 Å². The van der Waals surface area contributed by atoms with Gasteiger partial charge in [-0.05, 0) is 12.1 Å². The second kappa shape index (κ2) is 4.78. The lowest BCUT2D eigenvalue weighted by molar-refractivity contribution is 0.437. The van der Waals surface area contributed by atoms with Crippen LogP contribution in [0.15, 0.2) is 36.4 Å². The van der Waals surface area contributed by atoms with E-state index in [4.69, 9.17) is 5.73 Å². The third kappa shape index (κ3) is 2.09. The third-order valence-corrected chi connectivity index (χ3v) is 2.64. The first kappa shape index (κ1) is 12.6. The van der Waals surface area contributed by atoms with Crippen molar-refractivity contribution >= 4 is 0 Å². The predicted octanol–water partition coefficient (Wildman–Crippen LogP) is 3.29. The first-order chi connectivity index (χ1) is 8.52. The summed E-state index contributed by atoms with van der Waals surface area (Å²) in [6.07, 6.45) is 0. The van der Waals surface area contributed by atoms with Crippen LogP contribution in [0.4, 0.5) is 17.6 Å². The van der Waals surface area contributed by atoms with Crippen molar-refractivity contribution in [1.29, 1.82) is 0 Å². The van der Waals surface area contributed by atoms with E-state index in [0.717, 1.165) is 18.2 Å². The summed E-state index contributed by atoms with van der Waals surface area (Å²) >= 11 is 0. The van der Waals surface area contributed by atoms with Gasteiger partial charge in [0.15, 0.2) is 17.5 Å². The Bertz CT molecular complexity index is 583. The lowest BCUT2D eigenvalue weighted by Gasteiger charge is -2.14. The Morgan fingerprint density at radius 1 is 0.722 bits per heavy atom. The van der Waals surface area contributed by atoms with Gasteiger partial charge in [-0.15, -0.1) is 0 Å². The minimum atomic E-state index is -1.61. The zero-order valence-corrected chi connectivity index (χ0v) is 9.13. The van der Waals surface area contributed by atoms with E-state index in [9.17, 15) is 17.6 Å². The lowest BCUT2D eigenvalue weighted by Crippen LogP contribution is -2.16. The predicted molar refractivity (Wildman–Crippen MR) is 58.7 cm³/mol. The first-order valence-electron chi connectivity index (χ1n) is 5.15. The van der Waals surface area contributed by atoms with Gasteiger partial charge in [-0.1, -0.05) is 24.3 Å². The van der Waals surface area contributed by atoms with Crippen LogP contribution in [0, 0.1) is 23.3 Å². The average Bonchev–Trinajstić information content (AvgIpc) is 2.36. The zero-order valence-electron chi connectivity index (χ0n) is 9.13. The lowest BCUT2D eigenvalue weighted by atomic mass is 9.98. The topological polar surface area (TPSA) is 26.0 Å². The third-order valence-electron chi connectivity index (χ3n) is 2.64. The Morgan fingerprint density at radius 3 is 2.06 bits per heavy atom. The summed E-state index contributed by atoms with van der Waals surface area (Å²) in [6.45, 7) is 0. The number of hydrogen-bond acceptors (Lipinski definition) is 1. The van der Waals surface area contributed by atoms with Gasteiger partial charge in [-0.3, -0.25) is 0 Å². The monoisotopic (exact) mass is 255 g/mol. The van der Waals surface area contributed by atoms with Crippen LogP contribution in [0.25, 0.3) is 0 Å². The van der Waals surface area contributed by atoms with Crippen LogP contribution in [0.3, 0.4) is 0 Å². The Balaban J connectivity index is 2.50. The highest BCUT2D eigenvalue weighted by atomic mass is 19.2. The normalized spacial score (nSPS) is 12.5. The van der Waals surface area contributed by atoms with E-state index >= 15 is 0 Å². The van der Waals surface area contributed by atoms with Crippen LogP contribution in [0.5, 0.6) is 0 Å². The van der Waals surface area contributed by atoms with E-state index in [2.05, 4.69) is 0 Å². The minimum absolute atomic E-state index is 0.0161. The summed E-state index contributed by atoms with van der Waals surface area (Å²) in [5.74, 6) is -4.95. The number of benzene rings is 2. The van der Waals surface area contributed by atoms with Crippen molar-refractivity contribution in [3.8, 4) is 0 Å². The second-order valence-corrected chi connectivity index (χ2v) is 3.76. The van der Waals surface area contributed by atoms with Crippen LogP contribution < -0.4 is 5.73 Å². The summed E-state index contributed by atoms with van der Waals surface area (Å²) in [4.78, 5) is 0. The molecule has 0 spiro atoms. The molecule has 2 aromatic rings. The Morgan fingerprint density at radius 2 is 1.39 bits per heavy atom. The summed E-state index contributed by atoms with van der Waals surface area (Å²) in [5.41, 5.74) is 5.39. The number of halogens is 4. The van der Waals surface area contributed by atoms with Crippen LogP contribution in [-0.2, 0) is 0 Å². The summed E-state index contributed by atoms with van der Waals surface area (Å²) in [7, 11) is 0. The van der Waals surface area contributed by atoms with Crippen molar-refractivity contribution < 1.29 is 17.6 Å². The number of rotatable bonds is 2. The van der Waals surface area contributed by atoms with Crippen molar-refractivity contribution in [1.82, 2.24) is 0 Å². The highest BCUT2D eigenvalue weighted by Crippen LogP contribution is 2.26. The highest BCUT2D eigenvalue weighted by molar-refractivity contribution is 5.33. The van der Waals surface area contributed by atoms with Crippen molar-refractivity contribution in [3.05, 3.63) is 70.8 Å². The van der Waals surface area contributed by atoms with Crippen LogP contribution in [-0.4, -0.2) is 0 Å². The zero-order chi connectivity index (χ0) is 13.3. The van der Waals surface area contributed by atoms with Crippen molar-refractivity contribution in [2.45, 2.75) is 6.04 Å². The van der Waals surface area contributed by atoms with Gasteiger partial charge in [0.1, 0.15) is 5.82 Å². The van der Waals surface area contributed by atoms with E-state index in [1.54, 1.807) is 0 Å². The van der Waals surface area contributed by atoms with Crippen LogP contribution in [0.2, 0.25) is 0 Å². The van der Waals surface area contributed by atoms with E-state index in [0.29, 0.717) is 0 Å². The van der Waals surface area contributed by atoms with Gasteiger partial charge in [-0.25, -0.2) is 17.6 Å². The minimum Gasteiger partial charge on any atom is -0.320 e. The standard InChI is InChI=1S/C13H9F4N/c14-9-4-2-1-3-7(9)13(18)8-5-6-10(15)12(17)11(8)16/h1-6,13H,18H2. The van der Waals surface area contributed by atoms with Crippen molar-refractivity contribution in [3.63, 3.8) is 0 Å². The van der Waals surface area contributed by atoms with E-state index in [1.165, 1.54) is 18.2 Å². The maximum absolute atomic E-state index is 13.5. The Kier molecular flexibility index (Phi) is 3.34. The van der Waals surface area contributed by atoms with Crippen LogP contribution in [0.1, 0.15) is 17.2 Å². The molecule has 1 nitrogen and oxygen atoms in total. The molecule has 0 heterocycles. The van der Waals surface area contributed by atoms with Crippen molar-refractivity contribution in [2.24, 2.45) is 5.73 Å². The molecule has 0 saturated heterocycles. The van der Waals surface area contributed by atoms with Gasteiger partial charge in [0, 0.05) is 11.1 Å². The largest absolute Gasteiger partial charge is 0.320 e. The molecular weight excluding hydrogens is 246 g/mol. The molecule has 0 bridgehead atoms. The first-order valence-corrected chi connectivity index (χ1v) is 5.15. The quantitative estimate of drug-likeness (QED) is 0.646. The molecule has 2 N–H and O–H groups in total. The van der Waals surface area contributed by atoms with Gasteiger partial charge >= 0.3 is 0 Å². The van der Waals surface area contributed by atoms with Crippen molar-refractivity contribution in [2.75, 3.05) is 0 Å². The molecule has 0 amide bonds. The van der Waals surface area contributed by atoms with E-state index < -0.39 is 29.3 Å². The van der Waals surface area contributed by atoms with Gasteiger partial charge in [0.25, 0.3) is 0 Å². The maximum Gasteiger partial charge on any atom is 0.194 e. The molecule has 0 aromatic heterocycles.